The normalized spacial score (nSPS) is 16.9. The quantitative estimate of drug-likeness (QED) is 0.803. The zero-order valence-electron chi connectivity index (χ0n) is 18.4. The van der Waals surface area contributed by atoms with E-state index in [4.69, 9.17) is 9.47 Å². The van der Waals surface area contributed by atoms with Crippen LogP contribution in [0.2, 0.25) is 0 Å². The molecule has 2 aromatic rings. The van der Waals surface area contributed by atoms with Crippen molar-refractivity contribution < 1.29 is 14.3 Å². The molecule has 2 fully saturated rings. The topological polar surface area (TPSA) is 83.1 Å². The van der Waals surface area contributed by atoms with Gasteiger partial charge in [0.15, 0.2) is 0 Å². The molecule has 2 aliphatic rings. The molecule has 2 saturated heterocycles. The van der Waals surface area contributed by atoms with Crippen LogP contribution in [0.5, 0.6) is 5.75 Å². The number of aromatic nitrogens is 2. The van der Waals surface area contributed by atoms with Gasteiger partial charge in [0.05, 0.1) is 20.3 Å². The lowest BCUT2D eigenvalue weighted by Crippen LogP contribution is -2.50. The smallest absolute Gasteiger partial charge is 0.321 e. The van der Waals surface area contributed by atoms with Gasteiger partial charge in [-0.25, -0.2) is 14.8 Å². The molecule has 0 saturated carbocycles. The number of nitrogens with one attached hydrogen (secondary N) is 1. The number of ether oxygens (including phenoxy) is 2. The fraction of sp³-hybridized carbons (Fsp3) is 0.500. The number of rotatable bonds is 4. The first-order chi connectivity index (χ1) is 15.0. The summed E-state index contributed by atoms with van der Waals surface area (Å²) in [7, 11) is 1.63. The van der Waals surface area contributed by atoms with Gasteiger partial charge in [0.2, 0.25) is 0 Å². The van der Waals surface area contributed by atoms with Gasteiger partial charge in [-0.15, -0.1) is 0 Å². The zero-order valence-corrected chi connectivity index (χ0v) is 18.4. The number of anilines is 3. The Kier molecular flexibility index (Phi) is 6.41. The van der Waals surface area contributed by atoms with Crippen LogP contribution in [0.3, 0.4) is 0 Å². The number of methoxy groups -OCH3 is 1. The fourth-order valence-corrected chi connectivity index (χ4v) is 3.89. The first-order valence-electron chi connectivity index (χ1n) is 10.7. The first kappa shape index (κ1) is 21.2. The molecule has 1 aromatic heterocycles. The van der Waals surface area contributed by atoms with Crippen molar-refractivity contribution in [1.82, 2.24) is 14.9 Å². The number of amides is 2. The van der Waals surface area contributed by atoms with Gasteiger partial charge in [0.1, 0.15) is 23.2 Å². The van der Waals surface area contributed by atoms with Gasteiger partial charge < -0.3 is 29.5 Å². The molecule has 9 heteroatoms. The Labute approximate surface area is 183 Å². The van der Waals surface area contributed by atoms with Gasteiger partial charge >= 0.3 is 6.03 Å². The van der Waals surface area contributed by atoms with E-state index in [0.29, 0.717) is 13.1 Å². The first-order valence-corrected chi connectivity index (χ1v) is 10.7. The summed E-state index contributed by atoms with van der Waals surface area (Å²) >= 11 is 0. The number of piperazine rings is 1. The molecule has 4 rings (SSSR count). The number of hydrogen-bond acceptors (Lipinski definition) is 7. The highest BCUT2D eigenvalue weighted by molar-refractivity contribution is 5.90. The average molecular weight is 427 g/mol. The number of morpholine rings is 1. The lowest BCUT2D eigenvalue weighted by molar-refractivity contribution is 0.122. The second-order valence-corrected chi connectivity index (χ2v) is 7.82. The minimum atomic E-state index is -0.0826. The molecule has 0 bridgehead atoms. The Morgan fingerprint density at radius 1 is 0.968 bits per heavy atom. The molecule has 166 valence electrons. The van der Waals surface area contributed by atoms with Crippen LogP contribution in [-0.2, 0) is 4.74 Å². The SMILES string of the molecule is COc1ccc(NC(=O)N2CCN(c3cc(N4CCOCC4)nc(C)n3)CC2)c(C)c1. The van der Waals surface area contributed by atoms with Crippen LogP contribution in [0.1, 0.15) is 11.4 Å². The van der Waals surface area contributed by atoms with Gasteiger partial charge in [-0.1, -0.05) is 0 Å². The Morgan fingerprint density at radius 3 is 2.23 bits per heavy atom. The van der Waals surface area contributed by atoms with E-state index in [0.717, 1.165) is 73.9 Å². The van der Waals surface area contributed by atoms with E-state index in [1.165, 1.54) is 0 Å². The van der Waals surface area contributed by atoms with Crippen LogP contribution >= 0.6 is 0 Å². The van der Waals surface area contributed by atoms with Crippen molar-refractivity contribution in [1.29, 1.82) is 0 Å². The van der Waals surface area contributed by atoms with Crippen molar-refractivity contribution in [2.75, 3.05) is 74.7 Å². The summed E-state index contributed by atoms with van der Waals surface area (Å²) in [6.45, 7) is 9.74. The molecule has 0 aliphatic carbocycles. The third kappa shape index (κ3) is 4.99. The van der Waals surface area contributed by atoms with E-state index in [1.807, 2.05) is 36.9 Å². The lowest BCUT2D eigenvalue weighted by Gasteiger charge is -2.36. The number of aryl methyl sites for hydroxylation is 2. The maximum Gasteiger partial charge on any atom is 0.321 e. The third-order valence-electron chi connectivity index (χ3n) is 5.71. The van der Waals surface area contributed by atoms with Crippen molar-refractivity contribution in [3.05, 3.63) is 35.7 Å². The molecular formula is C22H30N6O3. The summed E-state index contributed by atoms with van der Waals surface area (Å²) in [4.78, 5) is 28.3. The van der Waals surface area contributed by atoms with Gasteiger partial charge in [0.25, 0.3) is 0 Å². The highest BCUT2D eigenvalue weighted by Gasteiger charge is 2.24. The van der Waals surface area contributed by atoms with Gasteiger partial charge in [-0.3, -0.25) is 0 Å². The fourth-order valence-electron chi connectivity index (χ4n) is 3.89. The van der Waals surface area contributed by atoms with Crippen LogP contribution in [-0.4, -0.2) is 80.5 Å². The highest BCUT2D eigenvalue weighted by Crippen LogP contribution is 2.23. The molecule has 3 heterocycles. The van der Waals surface area contributed by atoms with E-state index in [-0.39, 0.29) is 6.03 Å². The maximum absolute atomic E-state index is 12.8. The third-order valence-corrected chi connectivity index (χ3v) is 5.71. The second-order valence-electron chi connectivity index (χ2n) is 7.82. The molecule has 9 nitrogen and oxygen atoms in total. The standard InChI is InChI=1S/C22H30N6O3/c1-16-14-18(30-3)4-5-19(16)25-22(29)28-8-6-26(7-9-28)20-15-21(24-17(2)23-20)27-10-12-31-13-11-27/h4-5,14-15H,6-13H2,1-3H3,(H,25,29). The van der Waals surface area contributed by atoms with E-state index in [9.17, 15) is 4.79 Å². The van der Waals surface area contributed by atoms with E-state index < -0.39 is 0 Å². The monoisotopic (exact) mass is 426 g/mol. The van der Waals surface area contributed by atoms with Gasteiger partial charge in [-0.2, -0.15) is 0 Å². The summed E-state index contributed by atoms with van der Waals surface area (Å²) in [5, 5.41) is 3.02. The summed E-state index contributed by atoms with van der Waals surface area (Å²) < 4.78 is 10.7. The predicted molar refractivity (Wildman–Crippen MR) is 120 cm³/mol. The van der Waals surface area contributed by atoms with E-state index in [2.05, 4.69) is 31.2 Å². The van der Waals surface area contributed by atoms with Crippen LogP contribution < -0.4 is 19.9 Å². The molecule has 0 spiro atoms. The van der Waals surface area contributed by atoms with Crippen LogP contribution in [0.15, 0.2) is 24.3 Å². The Morgan fingerprint density at radius 2 is 1.61 bits per heavy atom. The average Bonchev–Trinajstić information content (AvgIpc) is 2.80. The largest absolute Gasteiger partial charge is 0.497 e. The number of benzene rings is 1. The number of nitrogens with zero attached hydrogens (tertiary/aromatic N) is 5. The number of hydrogen-bond donors (Lipinski definition) is 1. The summed E-state index contributed by atoms with van der Waals surface area (Å²) in [5.74, 6) is 3.40. The number of carbonyl (C=O) groups excluding carboxylic acids is 1. The zero-order chi connectivity index (χ0) is 21.8. The molecule has 0 atom stereocenters. The summed E-state index contributed by atoms with van der Waals surface area (Å²) in [6.07, 6.45) is 0. The summed E-state index contributed by atoms with van der Waals surface area (Å²) in [6, 6.07) is 7.61. The maximum atomic E-state index is 12.8. The minimum absolute atomic E-state index is 0.0826. The predicted octanol–water partition coefficient (Wildman–Crippen LogP) is 2.29. The van der Waals surface area contributed by atoms with Gasteiger partial charge in [-0.05, 0) is 37.6 Å². The molecule has 31 heavy (non-hydrogen) atoms. The molecule has 0 radical (unpaired) electrons. The van der Waals surface area contributed by atoms with Gasteiger partial charge in [0, 0.05) is 51.0 Å². The van der Waals surface area contributed by atoms with E-state index >= 15 is 0 Å². The molecule has 0 unspecified atom stereocenters. The Hall–Kier alpha value is -3.07. The second kappa shape index (κ2) is 9.38. The molecular weight excluding hydrogens is 396 g/mol. The van der Waals surface area contributed by atoms with Crippen molar-refractivity contribution in [2.24, 2.45) is 0 Å². The van der Waals surface area contributed by atoms with Crippen molar-refractivity contribution in [3.8, 4) is 5.75 Å². The minimum Gasteiger partial charge on any atom is -0.497 e. The Balaban J connectivity index is 1.37. The van der Waals surface area contributed by atoms with Crippen LogP contribution in [0.25, 0.3) is 0 Å². The molecule has 1 N–H and O–H groups in total. The number of carbonyl (C=O) groups is 1. The molecule has 2 aliphatic heterocycles. The summed E-state index contributed by atoms with van der Waals surface area (Å²) in [5.41, 5.74) is 1.77. The Bertz CT molecular complexity index is 923. The molecule has 2 amide bonds. The van der Waals surface area contributed by atoms with Crippen molar-refractivity contribution >= 4 is 23.4 Å². The van der Waals surface area contributed by atoms with Crippen LogP contribution in [0.4, 0.5) is 22.1 Å². The molecule has 1 aromatic carbocycles. The van der Waals surface area contributed by atoms with E-state index in [1.54, 1.807) is 7.11 Å². The number of urea groups is 1. The van der Waals surface area contributed by atoms with Crippen molar-refractivity contribution in [3.63, 3.8) is 0 Å². The highest BCUT2D eigenvalue weighted by atomic mass is 16.5. The van der Waals surface area contributed by atoms with Crippen molar-refractivity contribution in [2.45, 2.75) is 13.8 Å². The lowest BCUT2D eigenvalue weighted by atomic mass is 10.2. The van der Waals surface area contributed by atoms with Crippen LogP contribution in [0, 0.1) is 13.8 Å².